The van der Waals surface area contributed by atoms with E-state index in [1.165, 1.54) is 0 Å². The molecule has 0 radical (unpaired) electrons. The van der Waals surface area contributed by atoms with Crippen molar-refractivity contribution in [2.45, 2.75) is 39.3 Å². The first kappa shape index (κ1) is 26.0. The molecule has 0 spiro atoms. The average molecular weight is 551 g/mol. The predicted molar refractivity (Wildman–Crippen MR) is 127 cm³/mol. The van der Waals surface area contributed by atoms with Crippen LogP contribution in [0.25, 0.3) is 11.4 Å². The number of aromatic nitrogens is 2. The van der Waals surface area contributed by atoms with Gasteiger partial charge in [-0.15, -0.1) is 24.0 Å². The minimum absolute atomic E-state index is 0. The first-order valence-corrected chi connectivity index (χ1v) is 9.64. The Morgan fingerprint density at radius 1 is 1.23 bits per heavy atom. The summed E-state index contributed by atoms with van der Waals surface area (Å²) in [6, 6.07) is 7.25. The highest BCUT2D eigenvalue weighted by Crippen LogP contribution is 2.19. The van der Waals surface area contributed by atoms with Crippen LogP contribution in [-0.4, -0.2) is 47.9 Å². The smallest absolute Gasteiger partial charge is 0.407 e. The Morgan fingerprint density at radius 3 is 2.63 bits per heavy atom. The fourth-order valence-corrected chi connectivity index (χ4v) is 2.44. The molecule has 11 heteroatoms. The number of amides is 1. The lowest BCUT2D eigenvalue weighted by Crippen LogP contribution is -2.39. The molecule has 2 rings (SSSR count). The molecule has 1 amide bonds. The maximum absolute atomic E-state index is 11.6. The monoisotopic (exact) mass is 550 g/mol. The second-order valence-electron chi connectivity index (χ2n) is 7.16. The number of hydrogen-bond acceptors (Lipinski definition) is 6. The van der Waals surface area contributed by atoms with E-state index in [4.69, 9.17) is 20.9 Å². The number of halogens is 2. The molecule has 0 atom stereocenters. The minimum Gasteiger partial charge on any atom is -0.444 e. The largest absolute Gasteiger partial charge is 0.444 e. The molecule has 1 aromatic heterocycles. The molecule has 0 saturated heterocycles. The van der Waals surface area contributed by atoms with Crippen molar-refractivity contribution in [3.05, 3.63) is 35.2 Å². The van der Waals surface area contributed by atoms with E-state index in [2.05, 4.69) is 31.1 Å². The number of nitrogens with one attached hydrogen (secondary N) is 3. The second kappa shape index (κ2) is 12.6. The van der Waals surface area contributed by atoms with Gasteiger partial charge in [-0.2, -0.15) is 4.98 Å². The highest BCUT2D eigenvalue weighted by molar-refractivity contribution is 14.0. The Bertz CT molecular complexity index is 838. The van der Waals surface area contributed by atoms with Crippen LogP contribution in [0.2, 0.25) is 5.02 Å². The van der Waals surface area contributed by atoms with Crippen LogP contribution in [0.15, 0.2) is 33.8 Å². The first-order valence-electron chi connectivity index (χ1n) is 9.27. The van der Waals surface area contributed by atoms with Crippen molar-refractivity contribution in [1.29, 1.82) is 0 Å². The lowest BCUT2D eigenvalue weighted by Gasteiger charge is -2.19. The molecule has 0 aliphatic carbocycles. The number of carbonyl (C=O) groups is 1. The first-order chi connectivity index (χ1) is 13.8. The van der Waals surface area contributed by atoms with Crippen LogP contribution >= 0.6 is 35.6 Å². The SMILES string of the molecule is CN=C(NCCCNC(=O)OC(C)(C)C)NCc1nc(-c2cccc(Cl)c2)no1.I. The maximum Gasteiger partial charge on any atom is 0.407 e. The van der Waals surface area contributed by atoms with E-state index in [0.29, 0.717) is 48.8 Å². The lowest BCUT2D eigenvalue weighted by atomic mass is 10.2. The third kappa shape index (κ3) is 9.61. The molecule has 0 fully saturated rings. The molecule has 30 heavy (non-hydrogen) atoms. The van der Waals surface area contributed by atoms with Gasteiger partial charge in [-0.05, 0) is 39.3 Å². The van der Waals surface area contributed by atoms with Crippen LogP contribution in [0.4, 0.5) is 4.79 Å². The molecule has 3 N–H and O–H groups in total. The van der Waals surface area contributed by atoms with Crippen LogP contribution < -0.4 is 16.0 Å². The summed E-state index contributed by atoms with van der Waals surface area (Å²) in [6.45, 7) is 6.91. The number of nitrogens with zero attached hydrogens (tertiary/aromatic N) is 3. The summed E-state index contributed by atoms with van der Waals surface area (Å²) in [5, 5.41) is 13.5. The fourth-order valence-electron chi connectivity index (χ4n) is 2.25. The molecular formula is C19H28ClIN6O3. The van der Waals surface area contributed by atoms with Gasteiger partial charge in [-0.25, -0.2) is 4.79 Å². The van der Waals surface area contributed by atoms with Gasteiger partial charge in [-0.3, -0.25) is 4.99 Å². The number of ether oxygens (including phenoxy) is 1. The highest BCUT2D eigenvalue weighted by atomic mass is 127. The van der Waals surface area contributed by atoms with Gasteiger partial charge in [0.15, 0.2) is 5.96 Å². The zero-order chi connectivity index (χ0) is 21.3. The molecule has 0 saturated carbocycles. The number of carbonyl (C=O) groups excluding carboxylic acids is 1. The van der Waals surface area contributed by atoms with Crippen molar-refractivity contribution in [3.63, 3.8) is 0 Å². The Morgan fingerprint density at radius 2 is 1.97 bits per heavy atom. The van der Waals surface area contributed by atoms with E-state index >= 15 is 0 Å². The number of alkyl carbamates (subject to hydrolysis) is 1. The zero-order valence-corrected chi connectivity index (χ0v) is 20.6. The van der Waals surface area contributed by atoms with Gasteiger partial charge in [-0.1, -0.05) is 28.9 Å². The quantitative estimate of drug-likeness (QED) is 0.209. The van der Waals surface area contributed by atoms with Crippen molar-refractivity contribution in [3.8, 4) is 11.4 Å². The molecule has 1 heterocycles. The summed E-state index contributed by atoms with van der Waals surface area (Å²) in [6.07, 6.45) is 0.284. The molecule has 1 aromatic carbocycles. The molecule has 0 bridgehead atoms. The summed E-state index contributed by atoms with van der Waals surface area (Å²) in [4.78, 5) is 20.1. The number of aliphatic imine (C=N–C) groups is 1. The van der Waals surface area contributed by atoms with Crippen molar-refractivity contribution in [2.24, 2.45) is 4.99 Å². The summed E-state index contributed by atoms with van der Waals surface area (Å²) in [5.41, 5.74) is 0.280. The van der Waals surface area contributed by atoms with Gasteiger partial charge < -0.3 is 25.2 Å². The van der Waals surface area contributed by atoms with Gasteiger partial charge in [0, 0.05) is 30.7 Å². The van der Waals surface area contributed by atoms with Crippen LogP contribution in [0, 0.1) is 0 Å². The molecule has 9 nitrogen and oxygen atoms in total. The fraction of sp³-hybridized carbons (Fsp3) is 0.474. The normalized spacial score (nSPS) is 11.4. The Kier molecular flexibility index (Phi) is 10.9. The summed E-state index contributed by atoms with van der Waals surface area (Å²) >= 11 is 5.99. The minimum atomic E-state index is -0.504. The topological polar surface area (TPSA) is 114 Å². The standard InChI is InChI=1S/C19H27ClN6O3.HI/c1-19(2,3)28-18(27)23-10-6-9-22-17(21-4)24-12-15-25-16(26-29-15)13-7-5-8-14(20)11-13;/h5,7-8,11H,6,9-10,12H2,1-4H3,(H,23,27)(H2,21,22,24);1H. The lowest BCUT2D eigenvalue weighted by molar-refractivity contribution is 0.0527. The van der Waals surface area contributed by atoms with Crippen molar-refractivity contribution in [1.82, 2.24) is 26.1 Å². The molecule has 2 aromatic rings. The van der Waals surface area contributed by atoms with Crippen LogP contribution in [0.3, 0.4) is 0 Å². The van der Waals surface area contributed by atoms with Gasteiger partial charge >= 0.3 is 6.09 Å². The highest BCUT2D eigenvalue weighted by Gasteiger charge is 2.15. The number of rotatable bonds is 7. The van der Waals surface area contributed by atoms with Crippen molar-refractivity contribution < 1.29 is 14.1 Å². The number of hydrogen-bond donors (Lipinski definition) is 3. The summed E-state index contributed by atoms with van der Waals surface area (Å²) < 4.78 is 10.4. The Balaban J connectivity index is 0.00000450. The maximum atomic E-state index is 11.6. The third-order valence-corrected chi connectivity index (χ3v) is 3.73. The van der Waals surface area contributed by atoms with E-state index in [1.807, 2.05) is 32.9 Å². The van der Waals surface area contributed by atoms with Gasteiger partial charge in [0.05, 0.1) is 6.54 Å². The van der Waals surface area contributed by atoms with Gasteiger partial charge in [0.1, 0.15) is 5.60 Å². The van der Waals surface area contributed by atoms with Crippen molar-refractivity contribution >= 4 is 47.6 Å². The van der Waals surface area contributed by atoms with E-state index in [9.17, 15) is 4.79 Å². The van der Waals surface area contributed by atoms with Gasteiger partial charge in [0.2, 0.25) is 11.7 Å². The molecular weight excluding hydrogens is 523 g/mol. The zero-order valence-electron chi connectivity index (χ0n) is 17.5. The molecule has 166 valence electrons. The van der Waals surface area contributed by atoms with E-state index in [1.54, 1.807) is 19.2 Å². The number of benzene rings is 1. The van der Waals surface area contributed by atoms with Gasteiger partial charge in [0.25, 0.3) is 0 Å². The van der Waals surface area contributed by atoms with E-state index in [-0.39, 0.29) is 24.0 Å². The summed E-state index contributed by atoms with van der Waals surface area (Å²) in [7, 11) is 1.67. The number of guanidine groups is 1. The predicted octanol–water partition coefficient (Wildman–Crippen LogP) is 3.59. The third-order valence-electron chi connectivity index (χ3n) is 3.50. The van der Waals surface area contributed by atoms with Crippen LogP contribution in [-0.2, 0) is 11.3 Å². The average Bonchev–Trinajstić information content (AvgIpc) is 3.11. The van der Waals surface area contributed by atoms with Crippen molar-refractivity contribution in [2.75, 3.05) is 20.1 Å². The van der Waals surface area contributed by atoms with Crippen LogP contribution in [0.5, 0.6) is 0 Å². The molecule has 0 unspecified atom stereocenters. The Hall–Kier alpha value is -2.08. The second-order valence-corrected chi connectivity index (χ2v) is 7.59. The molecule has 0 aliphatic rings. The Labute approximate surface area is 198 Å². The summed E-state index contributed by atoms with van der Waals surface area (Å²) in [5.74, 6) is 1.49. The van der Waals surface area contributed by atoms with Crippen LogP contribution in [0.1, 0.15) is 33.1 Å². The molecule has 0 aliphatic heterocycles. The van der Waals surface area contributed by atoms with E-state index in [0.717, 1.165) is 5.56 Å². The van der Waals surface area contributed by atoms with E-state index < -0.39 is 11.7 Å².